The Morgan fingerprint density at radius 2 is 1.93 bits per heavy atom. The third-order valence-corrected chi connectivity index (χ3v) is 9.81. The smallest absolute Gasteiger partial charge is 0.198 e. The second kappa shape index (κ2) is 7.85. The van der Waals surface area contributed by atoms with Crippen molar-refractivity contribution in [3.8, 4) is 0 Å². The van der Waals surface area contributed by atoms with E-state index in [0.29, 0.717) is 30.6 Å². The van der Waals surface area contributed by atoms with Crippen LogP contribution in [0.1, 0.15) is 78.6 Å². The maximum absolute atomic E-state index is 12.9. The first kappa shape index (κ1) is 22.2. The second-order valence-corrected chi connectivity index (χ2v) is 11.4. The van der Waals surface area contributed by atoms with E-state index in [9.17, 15) is 19.5 Å². The van der Waals surface area contributed by atoms with Crippen LogP contribution >= 0.6 is 11.6 Å². The fourth-order valence-corrected chi connectivity index (χ4v) is 8.17. The standard InChI is InChI=1S/C25H35ClO4/c1-14(27)21(28)6-4-5-15-13-25(3)18-9-10-24(2)17(7-8-23(24)30)16(18)11-20(26)19(25)12-22(15)29/h12,15-18,20,23,30H,4-11,13H2,1-3H3/t15-,16-,17-,18-,20+,23-,24-,25+/m0/s1. The molecule has 0 radical (unpaired) electrons. The number of hydrogen-bond donors (Lipinski definition) is 1. The zero-order chi connectivity index (χ0) is 21.8. The average Bonchev–Trinajstić information content (AvgIpc) is 2.98. The molecule has 30 heavy (non-hydrogen) atoms. The van der Waals surface area contributed by atoms with Gasteiger partial charge in [-0.05, 0) is 91.6 Å². The number of allylic oxidation sites excluding steroid dienone is 1. The summed E-state index contributed by atoms with van der Waals surface area (Å²) in [5, 5.41) is 10.5. The Balaban J connectivity index is 1.55. The number of hydrogen-bond acceptors (Lipinski definition) is 4. The Hall–Kier alpha value is -1.00. The van der Waals surface area contributed by atoms with Gasteiger partial charge in [0.2, 0.25) is 0 Å². The van der Waals surface area contributed by atoms with Crippen molar-refractivity contribution in [1.29, 1.82) is 0 Å². The van der Waals surface area contributed by atoms with Crippen LogP contribution in [0.3, 0.4) is 0 Å². The van der Waals surface area contributed by atoms with Crippen molar-refractivity contribution in [3.05, 3.63) is 11.6 Å². The van der Waals surface area contributed by atoms with Crippen LogP contribution in [0, 0.1) is 34.5 Å². The molecule has 4 rings (SSSR count). The normalized spacial score (nSPS) is 45.2. The van der Waals surface area contributed by atoms with Gasteiger partial charge in [-0.3, -0.25) is 14.4 Å². The lowest BCUT2D eigenvalue weighted by atomic mass is 9.46. The highest BCUT2D eigenvalue weighted by molar-refractivity contribution is 6.36. The Morgan fingerprint density at radius 3 is 2.63 bits per heavy atom. The lowest BCUT2D eigenvalue weighted by Gasteiger charge is -2.59. The largest absolute Gasteiger partial charge is 0.393 e. The third-order valence-electron chi connectivity index (χ3n) is 9.40. The van der Waals surface area contributed by atoms with Gasteiger partial charge in [0.15, 0.2) is 17.3 Å². The van der Waals surface area contributed by atoms with E-state index in [-0.39, 0.29) is 46.2 Å². The molecule has 3 saturated carbocycles. The molecule has 0 heterocycles. The third kappa shape index (κ3) is 3.43. The van der Waals surface area contributed by atoms with E-state index in [1.165, 1.54) is 6.92 Å². The van der Waals surface area contributed by atoms with Crippen molar-refractivity contribution in [2.45, 2.75) is 90.0 Å². The van der Waals surface area contributed by atoms with Gasteiger partial charge in [-0.15, -0.1) is 11.6 Å². The van der Waals surface area contributed by atoms with Crippen molar-refractivity contribution >= 4 is 29.0 Å². The highest BCUT2D eigenvalue weighted by Gasteiger charge is 2.60. The molecule has 0 aromatic heterocycles. The minimum atomic E-state index is -0.400. The molecule has 4 nitrogen and oxygen atoms in total. The van der Waals surface area contributed by atoms with Crippen LogP contribution in [0.4, 0.5) is 0 Å². The summed E-state index contributed by atoms with van der Waals surface area (Å²) in [6, 6.07) is 0. The molecule has 0 bridgehead atoms. The van der Waals surface area contributed by atoms with E-state index >= 15 is 0 Å². The maximum atomic E-state index is 12.9. The molecule has 5 heteroatoms. The van der Waals surface area contributed by atoms with E-state index in [1.807, 2.05) is 6.08 Å². The number of fused-ring (bicyclic) bond motifs is 5. The first-order chi connectivity index (χ1) is 14.1. The van der Waals surface area contributed by atoms with Crippen molar-refractivity contribution in [2.24, 2.45) is 34.5 Å². The quantitative estimate of drug-likeness (QED) is 0.505. The topological polar surface area (TPSA) is 71.4 Å². The van der Waals surface area contributed by atoms with Crippen molar-refractivity contribution < 1.29 is 19.5 Å². The molecule has 0 unspecified atom stereocenters. The molecule has 3 fully saturated rings. The van der Waals surface area contributed by atoms with Crippen molar-refractivity contribution in [1.82, 2.24) is 0 Å². The number of carbonyl (C=O) groups excluding carboxylic acids is 3. The molecule has 0 amide bonds. The fraction of sp³-hybridized carbons (Fsp3) is 0.800. The Labute approximate surface area is 184 Å². The Kier molecular flexibility index (Phi) is 5.81. The SMILES string of the molecule is CC(=O)C(=O)CCC[C@H]1C[C@@]2(C)C(=CC1=O)[C@H](Cl)C[C@H]1[C@@H]3CC[C@H](O)[C@@]3(C)CC[C@@H]12. The number of carbonyl (C=O) groups is 3. The molecular weight excluding hydrogens is 400 g/mol. The Morgan fingerprint density at radius 1 is 1.20 bits per heavy atom. The number of Topliss-reactive ketones (excluding diaryl/α,β-unsaturated/α-hetero) is 2. The van der Waals surface area contributed by atoms with E-state index in [1.54, 1.807) is 0 Å². The highest BCUT2D eigenvalue weighted by Crippen LogP contribution is 2.66. The summed E-state index contributed by atoms with van der Waals surface area (Å²) < 4.78 is 0. The summed E-state index contributed by atoms with van der Waals surface area (Å²) in [6.45, 7) is 5.88. The molecular formula is C25H35ClO4. The maximum Gasteiger partial charge on any atom is 0.198 e. The number of ketones is 3. The van der Waals surface area contributed by atoms with Gasteiger partial charge in [-0.1, -0.05) is 13.8 Å². The van der Waals surface area contributed by atoms with Crippen LogP contribution in [0.5, 0.6) is 0 Å². The van der Waals surface area contributed by atoms with Gasteiger partial charge in [0.05, 0.1) is 11.5 Å². The number of rotatable bonds is 5. The van der Waals surface area contributed by atoms with E-state index in [2.05, 4.69) is 13.8 Å². The summed E-state index contributed by atoms with van der Waals surface area (Å²) in [7, 11) is 0. The number of aliphatic hydroxyl groups is 1. The predicted octanol–water partition coefficient (Wildman–Crippen LogP) is 4.65. The zero-order valence-electron chi connectivity index (χ0n) is 18.5. The summed E-state index contributed by atoms with van der Waals surface area (Å²) in [5.74, 6) is 0.807. The zero-order valence-corrected chi connectivity index (χ0v) is 19.2. The van der Waals surface area contributed by atoms with E-state index in [4.69, 9.17) is 11.6 Å². The predicted molar refractivity (Wildman–Crippen MR) is 116 cm³/mol. The van der Waals surface area contributed by atoms with Gasteiger partial charge < -0.3 is 5.11 Å². The monoisotopic (exact) mass is 434 g/mol. The first-order valence-electron chi connectivity index (χ1n) is 11.7. The first-order valence-corrected chi connectivity index (χ1v) is 12.1. The van der Waals surface area contributed by atoms with Crippen LogP contribution in [0.25, 0.3) is 0 Å². The van der Waals surface area contributed by atoms with E-state index in [0.717, 1.165) is 44.1 Å². The van der Waals surface area contributed by atoms with Gasteiger partial charge >= 0.3 is 0 Å². The summed E-state index contributed by atoms with van der Waals surface area (Å²) in [5.41, 5.74) is 1.04. The van der Waals surface area contributed by atoms with Crippen molar-refractivity contribution in [2.75, 3.05) is 0 Å². The Bertz CT molecular complexity index is 788. The van der Waals surface area contributed by atoms with Crippen LogP contribution in [0.15, 0.2) is 11.6 Å². The molecule has 8 atom stereocenters. The molecule has 166 valence electrons. The molecule has 0 aliphatic heterocycles. The molecule has 4 aliphatic rings. The van der Waals surface area contributed by atoms with Gasteiger partial charge in [0.25, 0.3) is 0 Å². The summed E-state index contributed by atoms with van der Waals surface area (Å²) in [4.78, 5) is 35.7. The van der Waals surface area contributed by atoms with Crippen LogP contribution in [-0.2, 0) is 14.4 Å². The molecule has 1 N–H and O–H groups in total. The van der Waals surface area contributed by atoms with Gasteiger partial charge in [-0.25, -0.2) is 0 Å². The van der Waals surface area contributed by atoms with Gasteiger partial charge in [0, 0.05) is 19.3 Å². The van der Waals surface area contributed by atoms with E-state index < -0.39 is 5.78 Å². The van der Waals surface area contributed by atoms with Gasteiger partial charge in [0.1, 0.15) is 0 Å². The van der Waals surface area contributed by atoms with Gasteiger partial charge in [-0.2, -0.15) is 0 Å². The molecule has 0 spiro atoms. The lowest BCUT2D eigenvalue weighted by molar-refractivity contribution is -0.135. The second-order valence-electron chi connectivity index (χ2n) is 10.9. The van der Waals surface area contributed by atoms with Crippen LogP contribution < -0.4 is 0 Å². The van der Waals surface area contributed by atoms with Crippen molar-refractivity contribution in [3.63, 3.8) is 0 Å². The minimum Gasteiger partial charge on any atom is -0.393 e. The average molecular weight is 435 g/mol. The molecule has 4 aliphatic carbocycles. The molecule has 0 saturated heterocycles. The lowest BCUT2D eigenvalue weighted by Crippen LogP contribution is -2.54. The fourth-order valence-electron chi connectivity index (χ4n) is 7.65. The minimum absolute atomic E-state index is 0.00624. The summed E-state index contributed by atoms with van der Waals surface area (Å²) in [6.07, 6.45) is 8.88. The summed E-state index contributed by atoms with van der Waals surface area (Å²) >= 11 is 6.90. The number of aliphatic hydroxyl groups excluding tert-OH is 1. The molecule has 0 aromatic carbocycles. The highest BCUT2D eigenvalue weighted by atomic mass is 35.5. The number of alkyl halides is 1. The number of halogens is 1. The molecule has 0 aromatic rings. The van der Waals surface area contributed by atoms with Crippen LogP contribution in [0.2, 0.25) is 0 Å². The van der Waals surface area contributed by atoms with Crippen LogP contribution in [-0.4, -0.2) is 33.9 Å².